The molecule has 0 aliphatic heterocycles. The predicted molar refractivity (Wildman–Crippen MR) is 73.7 cm³/mol. The van der Waals surface area contributed by atoms with E-state index < -0.39 is 0 Å². The van der Waals surface area contributed by atoms with Crippen LogP contribution in [-0.4, -0.2) is 12.1 Å². The first-order valence-corrected chi connectivity index (χ1v) is 5.80. The van der Waals surface area contributed by atoms with Crippen LogP contribution >= 0.6 is 0 Å². The fourth-order valence-electron chi connectivity index (χ4n) is 1.67. The van der Waals surface area contributed by atoms with Crippen molar-refractivity contribution in [1.29, 1.82) is 0 Å². The summed E-state index contributed by atoms with van der Waals surface area (Å²) in [6.07, 6.45) is 6.23. The summed E-state index contributed by atoms with van der Waals surface area (Å²) in [5, 5.41) is 2.43. The zero-order valence-corrected chi connectivity index (χ0v) is 13.1. The van der Waals surface area contributed by atoms with Crippen LogP contribution in [0.3, 0.4) is 0 Å². The van der Waals surface area contributed by atoms with Gasteiger partial charge in [0.2, 0.25) is 0 Å². The van der Waals surface area contributed by atoms with Gasteiger partial charge in [-0.15, -0.1) is 0 Å². The van der Waals surface area contributed by atoms with Gasteiger partial charge in [-0.3, -0.25) is 0 Å². The van der Waals surface area contributed by atoms with Crippen molar-refractivity contribution in [2.45, 2.75) is 13.8 Å². The summed E-state index contributed by atoms with van der Waals surface area (Å²) in [5.74, 6) is 0.920. The first kappa shape index (κ1) is 17.6. The molecule has 0 amide bonds. The number of ether oxygens (including phenoxy) is 1. The summed E-state index contributed by atoms with van der Waals surface area (Å²) in [7, 11) is 2.03. The second kappa shape index (κ2) is 7.92. The Labute approximate surface area is 124 Å². The Bertz CT molecular complexity index is 563. The van der Waals surface area contributed by atoms with Crippen LogP contribution in [0.25, 0.3) is 10.8 Å². The van der Waals surface area contributed by atoms with Crippen molar-refractivity contribution >= 4 is 10.8 Å². The number of aryl methyl sites for hydroxylation is 1. The molecule has 0 bridgehead atoms. The van der Waals surface area contributed by atoms with Crippen molar-refractivity contribution in [2.24, 2.45) is 7.05 Å². The van der Waals surface area contributed by atoms with Crippen LogP contribution in [0.4, 0.5) is 0 Å². The lowest BCUT2D eigenvalue weighted by Crippen LogP contribution is -3.00. The highest BCUT2D eigenvalue weighted by Crippen LogP contribution is 2.19. The molecular weight excluding hydrogens is 306 g/mol. The lowest BCUT2D eigenvalue weighted by Gasteiger charge is -2.04. The summed E-state index contributed by atoms with van der Waals surface area (Å²) in [6, 6.07) is 8.28. The number of fused-ring (bicyclic) bond motifs is 1. The van der Waals surface area contributed by atoms with Gasteiger partial charge in [-0.25, -0.2) is 4.57 Å². The van der Waals surface area contributed by atoms with Crippen LogP contribution in [-0.2, 0) is 7.05 Å². The van der Waals surface area contributed by atoms with E-state index in [-0.39, 0.29) is 22.5 Å². The van der Waals surface area contributed by atoms with Crippen LogP contribution in [0.2, 0.25) is 0 Å². The zero-order valence-electron chi connectivity index (χ0n) is 11.5. The molecule has 1 heterocycles. The largest absolute Gasteiger partial charge is 1.00 e. The summed E-state index contributed by atoms with van der Waals surface area (Å²) >= 11 is 0. The first-order chi connectivity index (χ1) is 8.15. The lowest BCUT2D eigenvalue weighted by atomic mass is 10.2. The Balaban J connectivity index is 0.00000162. The third-order valence-electron chi connectivity index (χ3n) is 2.63. The molecule has 104 valence electrons. The molecule has 2 aromatic rings. The number of allylic oxidation sites excluding steroid dienone is 1. The second-order valence-electron chi connectivity index (χ2n) is 4.49. The highest BCUT2D eigenvalue weighted by molar-refractivity contribution is 5.82. The van der Waals surface area contributed by atoms with Gasteiger partial charge in [0.25, 0.3) is 0 Å². The second-order valence-corrected chi connectivity index (χ2v) is 4.49. The van der Waals surface area contributed by atoms with Gasteiger partial charge in [-0.05, 0) is 43.5 Å². The number of hydrogen-bond acceptors (Lipinski definition) is 1. The molecule has 0 aliphatic carbocycles. The molecule has 0 saturated heterocycles. The molecule has 0 unspecified atom stereocenters. The van der Waals surface area contributed by atoms with Crippen molar-refractivity contribution in [3.63, 3.8) is 0 Å². The van der Waals surface area contributed by atoms with E-state index in [0.717, 1.165) is 5.75 Å². The fourth-order valence-corrected chi connectivity index (χ4v) is 1.67. The molecular formula is C15H20BrNO2. The molecule has 2 rings (SSSR count). The summed E-state index contributed by atoms with van der Waals surface area (Å²) < 4.78 is 7.72. The topological polar surface area (TPSA) is 44.6 Å². The van der Waals surface area contributed by atoms with Crippen molar-refractivity contribution in [3.8, 4) is 5.75 Å². The smallest absolute Gasteiger partial charge is 0.176 e. The Morgan fingerprint density at radius 2 is 1.95 bits per heavy atom. The molecule has 0 saturated carbocycles. The maximum Gasteiger partial charge on any atom is 0.176 e. The molecule has 1 aromatic carbocycles. The Morgan fingerprint density at radius 1 is 1.21 bits per heavy atom. The standard InChI is InChI=1S/C15H18NO.BrH.H2O/c1-12(2)7-9-17-15-5-4-14-11-16(3)8-6-13(14)10-15;;/h4-8,10-11H,9H2,1-3H3;1H;1H2/q+1;;/p-1. The number of nitrogens with zero attached hydrogens (tertiary/aromatic N) is 1. The SMILES string of the molecule is CC(C)=CCOc1ccc2c[n+](C)ccc2c1.O.[Br-]. The van der Waals surface area contributed by atoms with Crippen LogP contribution in [0.5, 0.6) is 5.75 Å². The summed E-state index contributed by atoms with van der Waals surface area (Å²) in [4.78, 5) is 0. The monoisotopic (exact) mass is 325 g/mol. The normalized spacial score (nSPS) is 9.21. The van der Waals surface area contributed by atoms with Crippen molar-refractivity contribution in [3.05, 3.63) is 48.3 Å². The van der Waals surface area contributed by atoms with E-state index in [4.69, 9.17) is 4.74 Å². The van der Waals surface area contributed by atoms with Crippen molar-refractivity contribution < 1.29 is 31.8 Å². The Morgan fingerprint density at radius 3 is 2.63 bits per heavy atom. The number of hydrogen-bond donors (Lipinski definition) is 0. The maximum absolute atomic E-state index is 5.67. The quantitative estimate of drug-likeness (QED) is 0.537. The van der Waals surface area contributed by atoms with E-state index in [9.17, 15) is 0 Å². The first-order valence-electron chi connectivity index (χ1n) is 5.80. The lowest BCUT2D eigenvalue weighted by molar-refractivity contribution is -0.670. The van der Waals surface area contributed by atoms with Gasteiger partial charge in [0.05, 0.1) is 0 Å². The molecule has 4 heteroatoms. The Kier molecular flexibility index (Phi) is 7.34. The van der Waals surface area contributed by atoms with Crippen LogP contribution in [0.15, 0.2) is 48.3 Å². The van der Waals surface area contributed by atoms with E-state index in [1.807, 2.05) is 23.9 Å². The van der Waals surface area contributed by atoms with E-state index in [2.05, 4.69) is 44.3 Å². The fraction of sp³-hybridized carbons (Fsp3) is 0.267. The summed E-state index contributed by atoms with van der Waals surface area (Å²) in [5.41, 5.74) is 1.28. The highest BCUT2D eigenvalue weighted by Gasteiger charge is 2.00. The predicted octanol–water partition coefficient (Wildman–Crippen LogP) is -0.811. The number of pyridine rings is 1. The van der Waals surface area contributed by atoms with Crippen LogP contribution in [0.1, 0.15) is 13.8 Å². The summed E-state index contributed by atoms with van der Waals surface area (Å²) in [6.45, 7) is 4.78. The van der Waals surface area contributed by atoms with E-state index in [0.29, 0.717) is 6.61 Å². The van der Waals surface area contributed by atoms with Gasteiger partial charge in [-0.1, -0.05) is 5.57 Å². The van der Waals surface area contributed by atoms with Crippen LogP contribution in [0, 0.1) is 0 Å². The van der Waals surface area contributed by atoms with Gasteiger partial charge >= 0.3 is 0 Å². The van der Waals surface area contributed by atoms with Gasteiger partial charge in [0.1, 0.15) is 19.4 Å². The molecule has 3 nitrogen and oxygen atoms in total. The molecule has 2 N–H and O–H groups in total. The minimum absolute atomic E-state index is 0. The number of rotatable bonds is 3. The molecule has 1 aromatic heterocycles. The van der Waals surface area contributed by atoms with Gasteiger partial charge in [-0.2, -0.15) is 0 Å². The Hall–Kier alpha value is -1.39. The van der Waals surface area contributed by atoms with Crippen LogP contribution < -0.4 is 26.3 Å². The van der Waals surface area contributed by atoms with Gasteiger partial charge < -0.3 is 27.2 Å². The minimum atomic E-state index is 0. The minimum Gasteiger partial charge on any atom is -1.00 e. The van der Waals surface area contributed by atoms with Gasteiger partial charge in [0.15, 0.2) is 12.4 Å². The van der Waals surface area contributed by atoms with Gasteiger partial charge in [0, 0.05) is 11.5 Å². The maximum atomic E-state index is 5.67. The van der Waals surface area contributed by atoms with Crippen molar-refractivity contribution in [2.75, 3.05) is 6.61 Å². The molecule has 0 aliphatic rings. The number of halogens is 1. The molecule has 0 atom stereocenters. The molecule has 19 heavy (non-hydrogen) atoms. The van der Waals surface area contributed by atoms with Crippen molar-refractivity contribution in [1.82, 2.24) is 0 Å². The molecule has 0 fully saturated rings. The van der Waals surface area contributed by atoms with E-state index in [1.165, 1.54) is 16.3 Å². The number of benzene rings is 1. The highest BCUT2D eigenvalue weighted by atomic mass is 79.9. The number of aromatic nitrogens is 1. The van der Waals surface area contributed by atoms with E-state index in [1.54, 1.807) is 0 Å². The average molecular weight is 326 g/mol. The molecule has 0 spiro atoms. The third kappa shape index (κ3) is 5.01. The zero-order chi connectivity index (χ0) is 12.3. The third-order valence-corrected chi connectivity index (χ3v) is 2.63. The van der Waals surface area contributed by atoms with E-state index >= 15 is 0 Å². The average Bonchev–Trinajstić information content (AvgIpc) is 2.29. The molecule has 0 radical (unpaired) electrons.